The summed E-state index contributed by atoms with van der Waals surface area (Å²) in [5.41, 5.74) is 0.415. The highest BCUT2D eigenvalue weighted by Crippen LogP contribution is 2.19. The van der Waals surface area contributed by atoms with Crippen LogP contribution in [0, 0.1) is 5.92 Å². The number of halogens is 2. The Morgan fingerprint density at radius 3 is 3.00 bits per heavy atom. The molecular weight excluding hydrogens is 328 g/mol. The number of hydrogen-bond acceptors (Lipinski definition) is 3. The van der Waals surface area contributed by atoms with Crippen LogP contribution in [0.15, 0.2) is 24.3 Å². The fourth-order valence-corrected chi connectivity index (χ4v) is 3.08. The van der Waals surface area contributed by atoms with Crippen molar-refractivity contribution in [2.24, 2.45) is 5.92 Å². The number of nitrogens with zero attached hydrogens (tertiary/aromatic N) is 1. The third-order valence-corrected chi connectivity index (χ3v) is 4.24. The van der Waals surface area contributed by atoms with Gasteiger partial charge >= 0.3 is 12.6 Å². The van der Waals surface area contributed by atoms with E-state index in [-0.39, 0.29) is 11.8 Å². The van der Waals surface area contributed by atoms with Crippen molar-refractivity contribution in [2.45, 2.75) is 39.2 Å². The highest BCUT2D eigenvalue weighted by Gasteiger charge is 2.15. The number of anilines is 1. The zero-order valence-corrected chi connectivity index (χ0v) is 14.6. The largest absolute Gasteiger partial charge is 0.435 e. The molecule has 1 aliphatic rings. The Kier molecular flexibility index (Phi) is 7.91. The Labute approximate surface area is 147 Å². The zero-order valence-electron chi connectivity index (χ0n) is 14.6. The van der Waals surface area contributed by atoms with Gasteiger partial charge in [0.25, 0.3) is 0 Å². The summed E-state index contributed by atoms with van der Waals surface area (Å²) >= 11 is 0. The fraction of sp³-hybridized carbons (Fsp3) is 0.611. The monoisotopic (exact) mass is 355 g/mol. The molecule has 0 bridgehead atoms. The van der Waals surface area contributed by atoms with Crippen LogP contribution in [-0.2, 0) is 0 Å². The summed E-state index contributed by atoms with van der Waals surface area (Å²) in [4.78, 5) is 14.3. The molecule has 2 N–H and O–H groups in total. The number of urea groups is 1. The smallest absolute Gasteiger partial charge is 0.387 e. The van der Waals surface area contributed by atoms with E-state index in [9.17, 15) is 13.6 Å². The third kappa shape index (κ3) is 7.69. The van der Waals surface area contributed by atoms with Gasteiger partial charge in [0.15, 0.2) is 0 Å². The molecule has 0 spiro atoms. The summed E-state index contributed by atoms with van der Waals surface area (Å²) in [6.45, 7) is 3.41. The second-order valence-corrected chi connectivity index (χ2v) is 6.54. The van der Waals surface area contributed by atoms with Crippen molar-refractivity contribution in [1.82, 2.24) is 10.2 Å². The molecule has 1 aliphatic heterocycles. The quantitative estimate of drug-likeness (QED) is 0.695. The summed E-state index contributed by atoms with van der Waals surface area (Å²) < 4.78 is 28.7. The standard InChI is InChI=1S/C18H27F2N3O2/c1-14-6-5-11-23(13-14)10-3-2-9-21-18(24)22-15-7-4-8-16(12-15)25-17(19)20/h4,7-8,12,14,17H,2-3,5-6,9-11,13H2,1H3,(H2,21,22,24)/t14-/m1/s1. The lowest BCUT2D eigenvalue weighted by Crippen LogP contribution is -2.35. The minimum Gasteiger partial charge on any atom is -0.435 e. The molecule has 0 radical (unpaired) electrons. The van der Waals surface area contributed by atoms with Crippen LogP contribution in [0.1, 0.15) is 32.6 Å². The molecule has 1 aromatic carbocycles. The SMILES string of the molecule is C[C@@H]1CCCN(CCCCNC(=O)Nc2cccc(OC(F)F)c2)C1. The number of piperidine rings is 1. The van der Waals surface area contributed by atoms with Crippen LogP contribution in [0.5, 0.6) is 5.75 Å². The maximum atomic E-state index is 12.2. The Hall–Kier alpha value is -1.89. The highest BCUT2D eigenvalue weighted by molar-refractivity contribution is 5.89. The van der Waals surface area contributed by atoms with Crippen molar-refractivity contribution < 1.29 is 18.3 Å². The van der Waals surface area contributed by atoms with Crippen LogP contribution >= 0.6 is 0 Å². The Balaban J connectivity index is 1.60. The van der Waals surface area contributed by atoms with E-state index < -0.39 is 6.61 Å². The van der Waals surface area contributed by atoms with Crippen molar-refractivity contribution in [1.29, 1.82) is 0 Å². The molecule has 140 valence electrons. The van der Waals surface area contributed by atoms with E-state index in [0.717, 1.165) is 25.3 Å². The number of amides is 2. The van der Waals surface area contributed by atoms with E-state index in [1.807, 2.05) is 0 Å². The number of ether oxygens (including phenoxy) is 1. The normalized spacial score (nSPS) is 18.2. The van der Waals surface area contributed by atoms with Gasteiger partial charge in [0, 0.05) is 24.8 Å². The molecule has 25 heavy (non-hydrogen) atoms. The number of carbonyl (C=O) groups excluding carboxylic acids is 1. The molecule has 2 amide bonds. The maximum absolute atomic E-state index is 12.2. The molecule has 7 heteroatoms. The first kappa shape index (κ1) is 19.4. The topological polar surface area (TPSA) is 53.6 Å². The summed E-state index contributed by atoms with van der Waals surface area (Å²) in [6.07, 6.45) is 4.55. The van der Waals surface area contributed by atoms with Crippen molar-refractivity contribution in [3.63, 3.8) is 0 Å². The van der Waals surface area contributed by atoms with E-state index in [2.05, 4.69) is 27.2 Å². The fourth-order valence-electron chi connectivity index (χ4n) is 3.08. The first-order valence-electron chi connectivity index (χ1n) is 8.85. The van der Waals surface area contributed by atoms with Gasteiger partial charge in [-0.05, 0) is 56.8 Å². The number of benzene rings is 1. The number of rotatable bonds is 8. The van der Waals surface area contributed by atoms with Crippen LogP contribution in [0.3, 0.4) is 0 Å². The molecular formula is C18H27F2N3O2. The molecule has 0 aliphatic carbocycles. The van der Waals surface area contributed by atoms with Crippen molar-refractivity contribution in [3.8, 4) is 5.75 Å². The van der Waals surface area contributed by atoms with E-state index in [0.29, 0.717) is 12.2 Å². The lowest BCUT2D eigenvalue weighted by molar-refractivity contribution is -0.0497. The van der Waals surface area contributed by atoms with Crippen molar-refractivity contribution in [2.75, 3.05) is 31.5 Å². The highest BCUT2D eigenvalue weighted by atomic mass is 19.3. The minimum atomic E-state index is -2.88. The second kappa shape index (κ2) is 10.2. The van der Waals surface area contributed by atoms with Gasteiger partial charge in [-0.2, -0.15) is 8.78 Å². The van der Waals surface area contributed by atoms with Crippen LogP contribution in [0.2, 0.25) is 0 Å². The van der Waals surface area contributed by atoms with Gasteiger partial charge in [-0.25, -0.2) is 4.79 Å². The average Bonchev–Trinajstić information content (AvgIpc) is 2.54. The molecule has 0 unspecified atom stereocenters. The first-order chi connectivity index (χ1) is 12.0. The molecule has 1 saturated heterocycles. The molecule has 1 atom stereocenters. The van der Waals surface area contributed by atoms with Gasteiger partial charge in [-0.3, -0.25) is 0 Å². The zero-order chi connectivity index (χ0) is 18.1. The van der Waals surface area contributed by atoms with Gasteiger partial charge in [-0.15, -0.1) is 0 Å². The molecule has 0 aromatic heterocycles. The van der Waals surface area contributed by atoms with Crippen LogP contribution in [-0.4, -0.2) is 43.7 Å². The van der Waals surface area contributed by atoms with Crippen LogP contribution in [0.4, 0.5) is 19.3 Å². The molecule has 2 rings (SSSR count). The number of nitrogens with one attached hydrogen (secondary N) is 2. The number of alkyl halides is 2. The molecule has 1 aromatic rings. The van der Waals surface area contributed by atoms with Gasteiger partial charge in [0.1, 0.15) is 5.75 Å². The molecule has 5 nitrogen and oxygen atoms in total. The van der Waals surface area contributed by atoms with Crippen LogP contribution < -0.4 is 15.4 Å². The van der Waals surface area contributed by atoms with Gasteiger partial charge in [0.05, 0.1) is 0 Å². The molecule has 0 saturated carbocycles. The maximum Gasteiger partial charge on any atom is 0.387 e. The summed E-state index contributed by atoms with van der Waals surface area (Å²) in [5, 5.41) is 5.40. The Bertz CT molecular complexity index is 543. The Morgan fingerprint density at radius 2 is 2.24 bits per heavy atom. The van der Waals surface area contributed by atoms with E-state index in [1.165, 1.54) is 38.1 Å². The van der Waals surface area contributed by atoms with E-state index in [1.54, 1.807) is 12.1 Å². The molecule has 1 fully saturated rings. The summed E-state index contributed by atoms with van der Waals surface area (Å²) in [7, 11) is 0. The van der Waals surface area contributed by atoms with Crippen molar-refractivity contribution >= 4 is 11.7 Å². The van der Waals surface area contributed by atoms with Gasteiger partial charge in [-0.1, -0.05) is 13.0 Å². The second-order valence-electron chi connectivity index (χ2n) is 6.54. The minimum absolute atomic E-state index is 0.0172. The van der Waals surface area contributed by atoms with Gasteiger partial charge < -0.3 is 20.3 Å². The van der Waals surface area contributed by atoms with Crippen molar-refractivity contribution in [3.05, 3.63) is 24.3 Å². The van der Waals surface area contributed by atoms with Gasteiger partial charge in [0.2, 0.25) is 0 Å². The summed E-state index contributed by atoms with van der Waals surface area (Å²) in [5.74, 6) is 0.797. The molecule has 1 heterocycles. The predicted molar refractivity (Wildman–Crippen MR) is 94.2 cm³/mol. The Morgan fingerprint density at radius 1 is 1.40 bits per heavy atom. The first-order valence-corrected chi connectivity index (χ1v) is 8.85. The third-order valence-electron chi connectivity index (χ3n) is 4.24. The van der Waals surface area contributed by atoms with E-state index >= 15 is 0 Å². The lowest BCUT2D eigenvalue weighted by atomic mass is 10.0. The van der Waals surface area contributed by atoms with E-state index in [4.69, 9.17) is 0 Å². The average molecular weight is 355 g/mol. The summed E-state index contributed by atoms with van der Waals surface area (Å²) in [6, 6.07) is 5.60. The van der Waals surface area contributed by atoms with Crippen LogP contribution in [0.25, 0.3) is 0 Å². The number of likely N-dealkylation sites (tertiary alicyclic amines) is 1. The lowest BCUT2D eigenvalue weighted by Gasteiger charge is -2.30. The number of hydrogen-bond donors (Lipinski definition) is 2. The number of carbonyl (C=O) groups is 1. The predicted octanol–water partition coefficient (Wildman–Crippen LogP) is 3.92. The number of unbranched alkanes of at least 4 members (excludes halogenated alkanes) is 1.